The average Bonchev–Trinajstić information content (AvgIpc) is 3.68. The summed E-state index contributed by atoms with van der Waals surface area (Å²) < 4.78 is 0. The molecule has 0 amide bonds. The monoisotopic (exact) mass is 640 g/mol. The summed E-state index contributed by atoms with van der Waals surface area (Å²) >= 11 is 0. The van der Waals surface area contributed by atoms with E-state index in [0.717, 1.165) is 41.5 Å². The van der Waals surface area contributed by atoms with Crippen molar-refractivity contribution >= 4 is 31.7 Å². The third-order valence-corrected chi connectivity index (χ3v) is 13.5. The van der Waals surface area contributed by atoms with E-state index in [-0.39, 0.29) is 22.5 Å². The molecule has 8 rings (SSSR count). The van der Waals surface area contributed by atoms with E-state index < -0.39 is 13.2 Å². The molecule has 2 heterocycles. The molecular weight excluding hydrogens is 598 g/mol. The Bertz CT molecular complexity index is 1320. The van der Waals surface area contributed by atoms with Gasteiger partial charge < -0.3 is 30.3 Å². The van der Waals surface area contributed by atoms with Crippen LogP contribution in [0.2, 0.25) is 19.6 Å². The first kappa shape index (κ1) is 30.9. The Morgan fingerprint density at radius 1 is 0.805 bits per heavy atom. The molecule has 4 nitrogen and oxygen atoms in total. The molecule has 0 radical (unpaired) electrons. The third kappa shape index (κ3) is 5.49. The minimum atomic E-state index is -1.57. The first-order valence-corrected chi connectivity index (χ1v) is 19.7. The first-order valence-electron chi connectivity index (χ1n) is 14.8. The number of aromatic nitrogens is 4. The molecule has 222 valence electrons. The topological polar surface area (TPSA) is 51.6 Å². The molecule has 2 atom stereocenters. The smallest absolute Gasteiger partial charge is 0.137 e. The summed E-state index contributed by atoms with van der Waals surface area (Å²) in [4.78, 5) is 19.2. The van der Waals surface area contributed by atoms with Crippen molar-refractivity contribution in [2.24, 2.45) is 23.7 Å². The second-order valence-corrected chi connectivity index (χ2v) is 19.6. The molecule has 2 aromatic carbocycles. The fraction of sp³-hybridized carbons (Fsp3) is 0.455. The van der Waals surface area contributed by atoms with Crippen LogP contribution >= 0.6 is 18.5 Å². The van der Waals surface area contributed by atoms with Gasteiger partial charge in [-0.3, -0.25) is 0 Å². The molecule has 4 saturated carbocycles. The van der Waals surface area contributed by atoms with Crippen molar-refractivity contribution in [2.75, 3.05) is 6.16 Å². The number of rotatable bonds is 6. The quantitative estimate of drug-likeness (QED) is 0.134. The van der Waals surface area contributed by atoms with Crippen molar-refractivity contribution in [3.8, 4) is 0 Å². The van der Waals surface area contributed by atoms with Gasteiger partial charge in [-0.05, 0) is 74.1 Å². The largest absolute Gasteiger partial charge is 0.748 e. The van der Waals surface area contributed by atoms with Gasteiger partial charge in [0, 0.05) is 49.9 Å². The fourth-order valence-electron chi connectivity index (χ4n) is 8.23. The molecule has 2 unspecified atom stereocenters. The Morgan fingerprint density at radius 3 is 1.63 bits per heavy atom. The molecule has 0 spiro atoms. The van der Waals surface area contributed by atoms with Crippen LogP contribution in [0, 0.1) is 23.7 Å². The third-order valence-electron chi connectivity index (χ3n) is 10.0. The van der Waals surface area contributed by atoms with Gasteiger partial charge in [0.05, 0.1) is 5.16 Å². The van der Waals surface area contributed by atoms with Crippen LogP contribution in [-0.4, -0.2) is 34.2 Å². The van der Waals surface area contributed by atoms with Crippen LogP contribution in [0.25, 0.3) is 0 Å². The van der Waals surface area contributed by atoms with Crippen LogP contribution < -0.4 is 5.19 Å². The van der Waals surface area contributed by atoms with Crippen LogP contribution in [0.4, 0.5) is 0 Å². The van der Waals surface area contributed by atoms with E-state index >= 15 is 0 Å². The van der Waals surface area contributed by atoms with Crippen molar-refractivity contribution in [3.05, 3.63) is 102 Å². The Hall–Kier alpha value is -1.54. The molecule has 4 aromatic rings. The van der Waals surface area contributed by atoms with Gasteiger partial charge in [-0.15, -0.1) is 18.5 Å². The fourth-order valence-corrected chi connectivity index (χ4v) is 10.8. The molecule has 8 heteroatoms. The van der Waals surface area contributed by atoms with Gasteiger partial charge in [-0.25, -0.2) is 19.9 Å². The normalized spacial score (nSPS) is 26.7. The maximum Gasteiger partial charge on any atom is 0.137 e. The van der Waals surface area contributed by atoms with E-state index in [9.17, 15) is 0 Å². The standard InChI is InChI=1S/C28H37N4P2Si.C5H5.Fe/c1-35(2,3)22-15-23(27(17-33)20-11-18-10-19(13-20)14-21(27)12-18)24(16-22)28(34,25-29-6-4-7-30-25)26-31-8-5-9-32-26;1-2-4-5-3-1;/h4-9,15-16,18-21H,10-14,17,33-34H2,1-3H3;1-5H;/q-1;-5;. The van der Waals surface area contributed by atoms with Crippen molar-refractivity contribution in [3.63, 3.8) is 0 Å². The summed E-state index contributed by atoms with van der Waals surface area (Å²) in [5.41, 5.74) is 3.04. The predicted octanol–water partition coefficient (Wildman–Crippen LogP) is 6.67. The second kappa shape index (κ2) is 12.2. The van der Waals surface area contributed by atoms with Crippen molar-refractivity contribution < 1.29 is 17.1 Å². The summed E-state index contributed by atoms with van der Waals surface area (Å²) in [5.74, 6) is 4.91. The van der Waals surface area contributed by atoms with Gasteiger partial charge in [-0.2, -0.15) is 28.4 Å². The van der Waals surface area contributed by atoms with E-state index in [4.69, 9.17) is 19.9 Å². The molecule has 4 aliphatic carbocycles. The predicted molar refractivity (Wildman–Crippen MR) is 174 cm³/mol. The van der Waals surface area contributed by atoms with Gasteiger partial charge in [0.15, 0.2) is 0 Å². The van der Waals surface area contributed by atoms with Crippen molar-refractivity contribution in [1.29, 1.82) is 0 Å². The van der Waals surface area contributed by atoms with Gasteiger partial charge in [-0.1, -0.05) is 25.1 Å². The van der Waals surface area contributed by atoms with Crippen LogP contribution in [0.1, 0.15) is 54.9 Å². The maximum atomic E-state index is 4.80. The summed E-state index contributed by atoms with van der Waals surface area (Å²) in [6.45, 7) is 7.38. The Balaban J connectivity index is 0.000000510. The van der Waals surface area contributed by atoms with Crippen LogP contribution in [0.3, 0.4) is 0 Å². The van der Waals surface area contributed by atoms with Crippen molar-refractivity contribution in [2.45, 2.75) is 62.3 Å². The van der Waals surface area contributed by atoms with Crippen LogP contribution in [0.5, 0.6) is 0 Å². The molecule has 41 heavy (non-hydrogen) atoms. The van der Waals surface area contributed by atoms with E-state index in [1.54, 1.807) is 0 Å². The molecule has 2 aromatic heterocycles. The van der Waals surface area contributed by atoms with Gasteiger partial charge in [0.25, 0.3) is 0 Å². The average molecular weight is 641 g/mol. The van der Waals surface area contributed by atoms with E-state index in [2.05, 4.69) is 50.3 Å². The van der Waals surface area contributed by atoms with E-state index in [1.165, 1.54) is 48.4 Å². The first-order chi connectivity index (χ1) is 19.3. The Kier molecular flexibility index (Phi) is 9.21. The Morgan fingerprint density at radius 2 is 1.24 bits per heavy atom. The minimum absolute atomic E-state index is 0. The summed E-state index contributed by atoms with van der Waals surface area (Å²) in [6, 6.07) is 18.9. The number of hydrogen-bond acceptors (Lipinski definition) is 4. The zero-order valence-electron chi connectivity index (χ0n) is 24.4. The summed E-state index contributed by atoms with van der Waals surface area (Å²) in [5, 5.41) is 0.838. The SMILES string of the molecule is C[Si](C)(C)[c-]1cc(C(P)(c2ncccn2)c2ncccn2)c(C2(CP)C3CC4CC(C3)CC2C4)c1.[Fe].[cH-]1[cH-][cH-][cH-][cH-]1. The molecule has 0 saturated heterocycles. The molecule has 0 N–H and O–H groups in total. The Labute approximate surface area is 262 Å². The van der Waals surface area contributed by atoms with Crippen LogP contribution in [0.15, 0.2) is 79.4 Å². The second-order valence-electron chi connectivity index (χ2n) is 13.3. The summed E-state index contributed by atoms with van der Waals surface area (Å²) in [6.07, 6.45) is 15.5. The number of hydrogen-bond donors (Lipinski definition) is 0. The van der Waals surface area contributed by atoms with Gasteiger partial charge in [0.1, 0.15) is 11.6 Å². The molecule has 4 fully saturated rings. The van der Waals surface area contributed by atoms with Gasteiger partial charge >= 0.3 is 0 Å². The molecular formula is C33H42FeN4P2Si-6. The van der Waals surface area contributed by atoms with E-state index in [1.807, 2.05) is 67.3 Å². The van der Waals surface area contributed by atoms with Crippen molar-refractivity contribution in [1.82, 2.24) is 19.9 Å². The molecule has 4 aliphatic rings. The summed E-state index contributed by atoms with van der Waals surface area (Å²) in [7, 11) is 4.75. The van der Waals surface area contributed by atoms with Gasteiger partial charge in [0.2, 0.25) is 0 Å². The number of nitrogens with zero attached hydrogens (tertiary/aromatic N) is 4. The van der Waals surface area contributed by atoms with E-state index in [0.29, 0.717) is 0 Å². The minimum Gasteiger partial charge on any atom is -0.748 e. The maximum absolute atomic E-state index is 4.80. The molecule has 0 aliphatic heterocycles. The zero-order valence-corrected chi connectivity index (χ0v) is 28.8. The zero-order chi connectivity index (χ0) is 28.0. The van der Waals surface area contributed by atoms with Crippen LogP contribution in [-0.2, 0) is 27.6 Å². The molecule has 4 bridgehead atoms.